The number of hydrogen-bond donors (Lipinski definition) is 2. The predicted molar refractivity (Wildman–Crippen MR) is 63.1 cm³/mol. The lowest BCUT2D eigenvalue weighted by molar-refractivity contribution is -0.125. The van der Waals surface area contributed by atoms with Gasteiger partial charge < -0.3 is 9.84 Å². The second kappa shape index (κ2) is 3.76. The first-order valence-corrected chi connectivity index (χ1v) is 5.23. The molecule has 5 nitrogen and oxygen atoms in total. The molecule has 1 heterocycles. The summed E-state index contributed by atoms with van der Waals surface area (Å²) in [5, 5.41) is 13.5. The van der Waals surface area contributed by atoms with Gasteiger partial charge in [0.2, 0.25) is 0 Å². The van der Waals surface area contributed by atoms with E-state index >= 15 is 0 Å². The highest BCUT2D eigenvalue weighted by molar-refractivity contribution is 6.19. The van der Waals surface area contributed by atoms with E-state index in [2.05, 4.69) is 10.5 Å². The average Bonchev–Trinajstić information content (AvgIpc) is 2.55. The molecule has 0 atom stereocenters. The van der Waals surface area contributed by atoms with Crippen LogP contribution in [0.5, 0.6) is 11.5 Å². The van der Waals surface area contributed by atoms with E-state index in [0.29, 0.717) is 11.5 Å². The summed E-state index contributed by atoms with van der Waals surface area (Å²) in [6.45, 7) is 3.60. The third-order valence-corrected chi connectivity index (χ3v) is 2.88. The molecule has 0 fully saturated rings. The minimum atomic E-state index is -0.679. The summed E-state index contributed by atoms with van der Waals surface area (Å²) in [7, 11) is 1.48. The number of phenols is 1. The Balaban J connectivity index is 2.46. The molecule has 17 heavy (non-hydrogen) atoms. The molecular formula is C12H14N2O3. The number of carbonyl (C=O) groups excluding carboxylic acids is 1. The fourth-order valence-electron chi connectivity index (χ4n) is 1.74. The highest BCUT2D eigenvalue weighted by Crippen LogP contribution is 2.32. The molecule has 90 valence electrons. The number of hydrogen-bond acceptors (Lipinski definition) is 4. The van der Waals surface area contributed by atoms with Gasteiger partial charge in [0, 0.05) is 5.56 Å². The Hall–Kier alpha value is -2.04. The second-order valence-corrected chi connectivity index (χ2v) is 4.41. The molecule has 1 aliphatic rings. The molecule has 2 N–H and O–H groups in total. The number of amides is 1. The summed E-state index contributed by atoms with van der Waals surface area (Å²) < 4.78 is 5.03. The van der Waals surface area contributed by atoms with Crippen LogP contribution in [-0.4, -0.2) is 23.8 Å². The number of rotatable bonds is 2. The maximum absolute atomic E-state index is 11.6. The maximum atomic E-state index is 11.6. The number of benzene rings is 1. The molecule has 1 amide bonds. The zero-order valence-corrected chi connectivity index (χ0v) is 9.94. The summed E-state index contributed by atoms with van der Waals surface area (Å²) in [5.41, 5.74) is 3.17. The first-order valence-electron chi connectivity index (χ1n) is 5.23. The molecule has 1 aromatic carbocycles. The van der Waals surface area contributed by atoms with Gasteiger partial charge in [-0.15, -0.1) is 0 Å². The van der Waals surface area contributed by atoms with E-state index < -0.39 is 5.41 Å². The Morgan fingerprint density at radius 3 is 2.65 bits per heavy atom. The van der Waals surface area contributed by atoms with Crippen molar-refractivity contribution >= 4 is 11.6 Å². The molecule has 0 unspecified atom stereocenters. The van der Waals surface area contributed by atoms with Crippen molar-refractivity contribution in [2.24, 2.45) is 10.5 Å². The van der Waals surface area contributed by atoms with Crippen LogP contribution < -0.4 is 10.2 Å². The van der Waals surface area contributed by atoms with Crippen LogP contribution in [0.3, 0.4) is 0 Å². The smallest absolute Gasteiger partial charge is 0.251 e. The minimum Gasteiger partial charge on any atom is -0.504 e. The largest absolute Gasteiger partial charge is 0.504 e. The highest BCUT2D eigenvalue weighted by Gasteiger charge is 2.39. The van der Waals surface area contributed by atoms with Gasteiger partial charge in [0.15, 0.2) is 11.5 Å². The second-order valence-electron chi connectivity index (χ2n) is 4.41. The first-order chi connectivity index (χ1) is 7.96. The lowest BCUT2D eigenvalue weighted by Gasteiger charge is -2.17. The summed E-state index contributed by atoms with van der Waals surface area (Å²) in [5.74, 6) is 0.284. The molecule has 0 aromatic heterocycles. The quantitative estimate of drug-likeness (QED) is 0.809. The van der Waals surface area contributed by atoms with Crippen LogP contribution in [0, 0.1) is 5.41 Å². The van der Waals surface area contributed by atoms with Gasteiger partial charge in [-0.25, -0.2) is 5.43 Å². The SMILES string of the molecule is COc1cc(C2=NNC(=O)C2(C)C)ccc1O. The van der Waals surface area contributed by atoms with Crippen LogP contribution in [0.25, 0.3) is 0 Å². The Labute approximate surface area is 99.1 Å². The van der Waals surface area contributed by atoms with Crippen molar-refractivity contribution < 1.29 is 14.6 Å². The van der Waals surface area contributed by atoms with Crippen LogP contribution in [0.15, 0.2) is 23.3 Å². The number of methoxy groups -OCH3 is 1. The zero-order chi connectivity index (χ0) is 12.6. The minimum absolute atomic E-state index is 0.0620. The lowest BCUT2D eigenvalue weighted by atomic mass is 9.84. The van der Waals surface area contributed by atoms with Crippen LogP contribution in [0.1, 0.15) is 19.4 Å². The van der Waals surface area contributed by atoms with E-state index in [1.54, 1.807) is 26.0 Å². The number of nitrogens with one attached hydrogen (secondary N) is 1. The van der Waals surface area contributed by atoms with Crippen molar-refractivity contribution in [1.29, 1.82) is 0 Å². The molecule has 0 aliphatic carbocycles. The average molecular weight is 234 g/mol. The van der Waals surface area contributed by atoms with E-state index in [4.69, 9.17) is 4.74 Å². The molecule has 0 saturated heterocycles. The van der Waals surface area contributed by atoms with Gasteiger partial charge >= 0.3 is 0 Å². The molecule has 0 spiro atoms. The number of hydrazone groups is 1. The molecule has 2 rings (SSSR count). The fourth-order valence-corrected chi connectivity index (χ4v) is 1.74. The van der Waals surface area contributed by atoms with Crippen LogP contribution in [-0.2, 0) is 4.79 Å². The standard InChI is InChI=1S/C12H14N2O3/c1-12(2)10(13-14-11(12)16)7-4-5-8(15)9(6-7)17-3/h4-6,15H,1-3H3,(H,14,16). The molecular weight excluding hydrogens is 220 g/mol. The molecule has 1 aliphatic heterocycles. The zero-order valence-electron chi connectivity index (χ0n) is 9.94. The van der Waals surface area contributed by atoms with E-state index in [1.165, 1.54) is 13.2 Å². The van der Waals surface area contributed by atoms with Gasteiger partial charge in [-0.1, -0.05) is 0 Å². The number of phenolic OH excluding ortho intramolecular Hbond substituents is 1. The summed E-state index contributed by atoms with van der Waals surface area (Å²) in [4.78, 5) is 11.6. The van der Waals surface area contributed by atoms with E-state index in [9.17, 15) is 9.90 Å². The van der Waals surface area contributed by atoms with Crippen LogP contribution >= 0.6 is 0 Å². The molecule has 0 radical (unpaired) electrons. The van der Waals surface area contributed by atoms with Crippen molar-refractivity contribution in [1.82, 2.24) is 5.43 Å². The van der Waals surface area contributed by atoms with Crippen molar-refractivity contribution in [2.45, 2.75) is 13.8 Å². The van der Waals surface area contributed by atoms with Crippen molar-refractivity contribution in [2.75, 3.05) is 7.11 Å². The molecule has 0 saturated carbocycles. The third kappa shape index (κ3) is 1.73. The monoisotopic (exact) mass is 234 g/mol. The summed E-state index contributed by atoms with van der Waals surface area (Å²) >= 11 is 0. The van der Waals surface area contributed by atoms with Gasteiger partial charge in [0.25, 0.3) is 5.91 Å². The number of aromatic hydroxyl groups is 1. The number of carbonyl (C=O) groups is 1. The highest BCUT2D eigenvalue weighted by atomic mass is 16.5. The Kier molecular flexibility index (Phi) is 2.53. The number of ether oxygens (including phenoxy) is 1. The van der Waals surface area contributed by atoms with E-state index in [-0.39, 0.29) is 11.7 Å². The topological polar surface area (TPSA) is 70.9 Å². The van der Waals surface area contributed by atoms with Gasteiger partial charge in [0.05, 0.1) is 18.2 Å². The Morgan fingerprint density at radius 1 is 1.41 bits per heavy atom. The molecule has 0 bridgehead atoms. The number of nitrogens with zero attached hydrogens (tertiary/aromatic N) is 1. The van der Waals surface area contributed by atoms with Gasteiger partial charge in [-0.05, 0) is 32.0 Å². The lowest BCUT2D eigenvalue weighted by Crippen LogP contribution is -2.32. The normalized spacial score (nSPS) is 17.6. The van der Waals surface area contributed by atoms with Crippen molar-refractivity contribution in [3.05, 3.63) is 23.8 Å². The van der Waals surface area contributed by atoms with Gasteiger partial charge in [0.1, 0.15) is 0 Å². The third-order valence-electron chi connectivity index (χ3n) is 2.88. The fraction of sp³-hybridized carbons (Fsp3) is 0.333. The van der Waals surface area contributed by atoms with Crippen LogP contribution in [0.4, 0.5) is 0 Å². The van der Waals surface area contributed by atoms with Crippen molar-refractivity contribution in [3.63, 3.8) is 0 Å². The summed E-state index contributed by atoms with van der Waals surface area (Å²) in [6.07, 6.45) is 0. The Bertz CT molecular complexity index is 506. The van der Waals surface area contributed by atoms with Gasteiger partial charge in [-0.2, -0.15) is 5.10 Å². The Morgan fingerprint density at radius 2 is 2.12 bits per heavy atom. The molecule has 5 heteroatoms. The first kappa shape index (κ1) is 11.4. The molecule has 1 aromatic rings. The predicted octanol–water partition coefficient (Wildman–Crippen LogP) is 1.26. The van der Waals surface area contributed by atoms with E-state index in [1.807, 2.05) is 0 Å². The van der Waals surface area contributed by atoms with Gasteiger partial charge in [-0.3, -0.25) is 4.79 Å². The summed E-state index contributed by atoms with van der Waals surface area (Å²) in [6, 6.07) is 4.89. The van der Waals surface area contributed by atoms with Crippen molar-refractivity contribution in [3.8, 4) is 11.5 Å². The van der Waals surface area contributed by atoms with E-state index in [0.717, 1.165) is 5.56 Å². The van der Waals surface area contributed by atoms with Crippen LogP contribution in [0.2, 0.25) is 0 Å². The maximum Gasteiger partial charge on any atom is 0.251 e.